The third-order valence-electron chi connectivity index (χ3n) is 3.33. The molecule has 16 heavy (non-hydrogen) atoms. The minimum Gasteiger partial charge on any atom is -0.495 e. The van der Waals surface area contributed by atoms with E-state index in [4.69, 9.17) is 10.5 Å². The number of nitrogens with two attached hydrogens (primary N) is 1. The summed E-state index contributed by atoms with van der Waals surface area (Å²) in [4.78, 5) is 6.68. The van der Waals surface area contributed by atoms with Gasteiger partial charge in [0.15, 0.2) is 0 Å². The lowest BCUT2D eigenvalue weighted by Gasteiger charge is -2.23. The monoisotopic (exact) mass is 221 g/mol. The van der Waals surface area contributed by atoms with Crippen molar-refractivity contribution in [1.82, 2.24) is 4.98 Å². The molecule has 1 aliphatic heterocycles. The van der Waals surface area contributed by atoms with E-state index in [2.05, 4.69) is 16.8 Å². The normalized spacial score (nSPS) is 24.8. The van der Waals surface area contributed by atoms with E-state index in [9.17, 15) is 0 Å². The van der Waals surface area contributed by atoms with Crippen LogP contribution in [-0.2, 0) is 0 Å². The van der Waals surface area contributed by atoms with Crippen LogP contribution in [0.15, 0.2) is 18.3 Å². The Morgan fingerprint density at radius 1 is 1.56 bits per heavy atom. The lowest BCUT2D eigenvalue weighted by Crippen LogP contribution is -2.31. The van der Waals surface area contributed by atoms with Gasteiger partial charge in [-0.2, -0.15) is 0 Å². The topological polar surface area (TPSA) is 51.4 Å². The third-order valence-corrected chi connectivity index (χ3v) is 3.33. The van der Waals surface area contributed by atoms with E-state index < -0.39 is 0 Å². The second-order valence-corrected chi connectivity index (χ2v) is 4.74. The van der Waals surface area contributed by atoms with Gasteiger partial charge in [-0.1, -0.05) is 6.92 Å². The molecule has 1 unspecified atom stereocenters. The lowest BCUT2D eigenvalue weighted by molar-refractivity contribution is 0.383. The Hall–Kier alpha value is -1.29. The van der Waals surface area contributed by atoms with Crippen LogP contribution in [-0.4, -0.2) is 31.7 Å². The smallest absolute Gasteiger partial charge is 0.137 e. The summed E-state index contributed by atoms with van der Waals surface area (Å²) in [5.41, 5.74) is 6.02. The third kappa shape index (κ3) is 2.11. The van der Waals surface area contributed by atoms with Gasteiger partial charge in [-0.05, 0) is 30.5 Å². The number of ether oxygens (including phenoxy) is 1. The average Bonchev–Trinajstić information content (AvgIpc) is 2.73. The Labute approximate surface area is 96.4 Å². The van der Waals surface area contributed by atoms with E-state index in [1.807, 2.05) is 12.1 Å². The second kappa shape index (κ2) is 4.29. The molecule has 0 spiro atoms. The predicted octanol–water partition coefficient (Wildman–Crippen LogP) is 1.27. The molecule has 2 rings (SSSR count). The van der Waals surface area contributed by atoms with Crippen LogP contribution < -0.4 is 15.4 Å². The fourth-order valence-electron chi connectivity index (χ4n) is 2.07. The Morgan fingerprint density at radius 2 is 2.38 bits per heavy atom. The fourth-order valence-corrected chi connectivity index (χ4v) is 2.07. The van der Waals surface area contributed by atoms with Crippen LogP contribution in [0.3, 0.4) is 0 Å². The predicted molar refractivity (Wildman–Crippen MR) is 64.8 cm³/mol. The highest BCUT2D eigenvalue weighted by atomic mass is 16.5. The van der Waals surface area contributed by atoms with Crippen LogP contribution in [0.25, 0.3) is 0 Å². The molecule has 0 amide bonds. The molecule has 88 valence electrons. The molecule has 2 N–H and O–H groups in total. The first-order chi connectivity index (χ1) is 7.67. The van der Waals surface area contributed by atoms with Gasteiger partial charge in [-0.25, -0.2) is 4.98 Å². The zero-order valence-corrected chi connectivity index (χ0v) is 9.94. The number of anilines is 1. The van der Waals surface area contributed by atoms with Gasteiger partial charge in [0.1, 0.15) is 11.6 Å². The number of rotatable bonds is 3. The zero-order chi connectivity index (χ0) is 11.6. The van der Waals surface area contributed by atoms with Crippen LogP contribution in [0.4, 0.5) is 5.82 Å². The minimum atomic E-state index is 0.238. The SMILES string of the molecule is COc1ccc(N2CCC(C)(CN)C2)nc1. The standard InChI is InChI=1S/C12H19N3O/c1-12(8-13)5-6-15(9-12)11-4-3-10(16-2)7-14-11/h3-4,7H,5-6,8-9,13H2,1-2H3. The first-order valence-electron chi connectivity index (χ1n) is 5.62. The maximum Gasteiger partial charge on any atom is 0.137 e. The van der Waals surface area contributed by atoms with Crippen molar-refractivity contribution in [2.45, 2.75) is 13.3 Å². The molecule has 2 heterocycles. The molecular weight excluding hydrogens is 202 g/mol. The number of aromatic nitrogens is 1. The summed E-state index contributed by atoms with van der Waals surface area (Å²) in [5, 5.41) is 0. The summed E-state index contributed by atoms with van der Waals surface area (Å²) in [7, 11) is 1.65. The highest BCUT2D eigenvalue weighted by Crippen LogP contribution is 2.31. The fraction of sp³-hybridized carbons (Fsp3) is 0.583. The molecule has 0 saturated carbocycles. The van der Waals surface area contributed by atoms with Gasteiger partial charge in [0, 0.05) is 13.1 Å². The van der Waals surface area contributed by atoms with E-state index in [1.54, 1.807) is 13.3 Å². The Morgan fingerprint density at radius 3 is 2.88 bits per heavy atom. The summed E-state index contributed by atoms with van der Waals surface area (Å²) >= 11 is 0. The summed E-state index contributed by atoms with van der Waals surface area (Å²) in [6.07, 6.45) is 2.89. The van der Waals surface area contributed by atoms with Crippen molar-refractivity contribution in [2.75, 3.05) is 31.6 Å². The van der Waals surface area contributed by atoms with E-state index in [0.717, 1.165) is 37.6 Å². The molecule has 1 aromatic rings. The Bertz CT molecular complexity index is 352. The number of methoxy groups -OCH3 is 1. The van der Waals surface area contributed by atoms with Crippen LogP contribution in [0.5, 0.6) is 5.75 Å². The minimum absolute atomic E-state index is 0.238. The van der Waals surface area contributed by atoms with Gasteiger partial charge in [0.25, 0.3) is 0 Å². The molecule has 0 aliphatic carbocycles. The molecule has 1 aliphatic rings. The molecule has 0 bridgehead atoms. The Kier molecular flexibility index (Phi) is 3.01. The summed E-state index contributed by atoms with van der Waals surface area (Å²) < 4.78 is 5.09. The first kappa shape index (κ1) is 11.2. The van der Waals surface area contributed by atoms with Gasteiger partial charge in [-0.3, -0.25) is 0 Å². The molecular formula is C12H19N3O. The van der Waals surface area contributed by atoms with Gasteiger partial charge in [0.05, 0.1) is 13.3 Å². The number of hydrogen-bond acceptors (Lipinski definition) is 4. The number of pyridine rings is 1. The quantitative estimate of drug-likeness (QED) is 0.835. The zero-order valence-electron chi connectivity index (χ0n) is 9.94. The highest BCUT2D eigenvalue weighted by Gasteiger charge is 2.32. The number of hydrogen-bond donors (Lipinski definition) is 1. The molecule has 1 saturated heterocycles. The van der Waals surface area contributed by atoms with Crippen molar-refractivity contribution >= 4 is 5.82 Å². The highest BCUT2D eigenvalue weighted by molar-refractivity contribution is 5.42. The second-order valence-electron chi connectivity index (χ2n) is 4.74. The van der Waals surface area contributed by atoms with Crippen molar-refractivity contribution < 1.29 is 4.74 Å². The molecule has 1 aromatic heterocycles. The molecule has 1 atom stereocenters. The van der Waals surface area contributed by atoms with Crippen LogP contribution in [0.2, 0.25) is 0 Å². The molecule has 0 radical (unpaired) electrons. The van der Waals surface area contributed by atoms with Crippen LogP contribution >= 0.6 is 0 Å². The molecule has 4 heteroatoms. The van der Waals surface area contributed by atoms with Gasteiger partial charge in [-0.15, -0.1) is 0 Å². The number of nitrogens with zero attached hydrogens (tertiary/aromatic N) is 2. The van der Waals surface area contributed by atoms with Gasteiger partial charge < -0.3 is 15.4 Å². The molecule has 0 aromatic carbocycles. The van der Waals surface area contributed by atoms with E-state index in [1.165, 1.54) is 0 Å². The van der Waals surface area contributed by atoms with Crippen LogP contribution in [0.1, 0.15) is 13.3 Å². The van der Waals surface area contributed by atoms with Crippen molar-refractivity contribution in [1.29, 1.82) is 0 Å². The first-order valence-corrected chi connectivity index (χ1v) is 5.62. The summed E-state index contributed by atoms with van der Waals surface area (Å²) in [6, 6.07) is 3.95. The van der Waals surface area contributed by atoms with E-state index >= 15 is 0 Å². The van der Waals surface area contributed by atoms with Crippen molar-refractivity contribution in [3.05, 3.63) is 18.3 Å². The Balaban J connectivity index is 2.08. The van der Waals surface area contributed by atoms with E-state index in [-0.39, 0.29) is 5.41 Å². The van der Waals surface area contributed by atoms with E-state index in [0.29, 0.717) is 0 Å². The maximum atomic E-state index is 5.79. The summed E-state index contributed by atoms with van der Waals surface area (Å²) in [5.74, 6) is 1.81. The van der Waals surface area contributed by atoms with Crippen molar-refractivity contribution in [2.24, 2.45) is 11.1 Å². The van der Waals surface area contributed by atoms with Crippen molar-refractivity contribution in [3.63, 3.8) is 0 Å². The molecule has 1 fully saturated rings. The molecule has 4 nitrogen and oxygen atoms in total. The summed E-state index contributed by atoms with van der Waals surface area (Å²) in [6.45, 7) is 4.99. The van der Waals surface area contributed by atoms with Gasteiger partial charge in [0.2, 0.25) is 0 Å². The van der Waals surface area contributed by atoms with Gasteiger partial charge >= 0.3 is 0 Å². The lowest BCUT2D eigenvalue weighted by atomic mass is 9.90. The maximum absolute atomic E-state index is 5.79. The average molecular weight is 221 g/mol. The largest absolute Gasteiger partial charge is 0.495 e. The van der Waals surface area contributed by atoms with Crippen molar-refractivity contribution in [3.8, 4) is 5.75 Å². The van der Waals surface area contributed by atoms with Crippen LogP contribution in [0, 0.1) is 5.41 Å².